The Morgan fingerprint density at radius 3 is 1.63 bits per heavy atom. The predicted molar refractivity (Wildman–Crippen MR) is 154 cm³/mol. The van der Waals surface area contributed by atoms with Gasteiger partial charge >= 0.3 is 5.97 Å². The highest BCUT2D eigenvalue weighted by Crippen LogP contribution is 2.13. The molecule has 0 radical (unpaired) electrons. The number of carboxylic acid groups (broad SMARTS) is 1. The molecule has 0 bridgehead atoms. The van der Waals surface area contributed by atoms with Crippen LogP contribution in [-0.4, -0.2) is 54.3 Å². The average molecular weight is 540 g/mol. The summed E-state index contributed by atoms with van der Waals surface area (Å²) in [7, 11) is 1.76. The summed E-state index contributed by atoms with van der Waals surface area (Å²) in [6, 6.07) is -1.21. The number of hydrogen-bond donors (Lipinski definition) is 4. The van der Waals surface area contributed by atoms with Crippen molar-refractivity contribution in [2.75, 3.05) is 13.6 Å². The molecule has 38 heavy (non-hydrogen) atoms. The minimum absolute atomic E-state index is 0.0443. The molecule has 0 aliphatic rings. The third-order valence-electron chi connectivity index (χ3n) is 7.13. The molecule has 2 atom stereocenters. The molecular weight excluding hydrogens is 482 g/mol. The fourth-order valence-corrected chi connectivity index (χ4v) is 4.62. The molecule has 0 aliphatic carbocycles. The van der Waals surface area contributed by atoms with Gasteiger partial charge in [0.2, 0.25) is 11.8 Å². The topological polar surface area (TPSA) is 125 Å². The van der Waals surface area contributed by atoms with Crippen molar-refractivity contribution in [2.24, 2.45) is 0 Å². The first kappa shape index (κ1) is 36.0. The van der Waals surface area contributed by atoms with Crippen LogP contribution in [0.15, 0.2) is 0 Å². The van der Waals surface area contributed by atoms with Gasteiger partial charge in [-0.05, 0) is 46.1 Å². The maximum atomic E-state index is 12.2. The molecule has 0 fully saturated rings. The van der Waals surface area contributed by atoms with Crippen molar-refractivity contribution in [3.8, 4) is 0 Å². The lowest BCUT2D eigenvalue weighted by atomic mass is 10.0. The molecule has 0 aromatic rings. The predicted octanol–water partition coefficient (Wildman–Crippen LogP) is 5.67. The molecule has 4 N–H and O–H groups in total. The van der Waals surface area contributed by atoms with Crippen LogP contribution in [0.2, 0.25) is 0 Å². The van der Waals surface area contributed by atoms with Gasteiger partial charge in [-0.3, -0.25) is 14.4 Å². The number of aliphatic carboxylic acids is 1. The Hall–Kier alpha value is -1.96. The summed E-state index contributed by atoms with van der Waals surface area (Å²) in [5.41, 5.74) is 0. The standard InChI is InChI=1S/C30H57N3O5/c1-4-5-6-7-8-9-10-11-12-13-14-15-16-17-21-29(36)33-27(30(37)38)22-23-28(35)32-24-19-18-20-26(31-3)25(2)34/h26-27,31H,4-24H2,1-3H3,(H,32,35)(H,33,36)(H,37,38)/t26-,27+/m1/s1. The Morgan fingerprint density at radius 2 is 1.16 bits per heavy atom. The van der Waals surface area contributed by atoms with Crippen LogP contribution in [0.25, 0.3) is 0 Å². The van der Waals surface area contributed by atoms with E-state index in [0.29, 0.717) is 19.4 Å². The van der Waals surface area contributed by atoms with Gasteiger partial charge in [0.05, 0.1) is 6.04 Å². The average Bonchev–Trinajstić information content (AvgIpc) is 2.88. The van der Waals surface area contributed by atoms with E-state index in [2.05, 4.69) is 22.9 Å². The van der Waals surface area contributed by atoms with Gasteiger partial charge in [-0.15, -0.1) is 0 Å². The first-order valence-electron chi connectivity index (χ1n) is 15.3. The largest absolute Gasteiger partial charge is 0.480 e. The fourth-order valence-electron chi connectivity index (χ4n) is 4.62. The van der Waals surface area contributed by atoms with Crippen LogP contribution in [0.5, 0.6) is 0 Å². The lowest BCUT2D eigenvalue weighted by Crippen LogP contribution is -2.41. The van der Waals surface area contributed by atoms with Gasteiger partial charge in [-0.2, -0.15) is 0 Å². The van der Waals surface area contributed by atoms with E-state index in [9.17, 15) is 24.3 Å². The van der Waals surface area contributed by atoms with Crippen molar-refractivity contribution in [1.82, 2.24) is 16.0 Å². The summed E-state index contributed by atoms with van der Waals surface area (Å²) in [5, 5.41) is 17.7. The Kier molecular flexibility index (Phi) is 24.0. The quantitative estimate of drug-likeness (QED) is 0.0997. The van der Waals surface area contributed by atoms with Crippen LogP contribution in [0, 0.1) is 0 Å². The molecule has 0 saturated heterocycles. The molecule has 0 aliphatic heterocycles. The maximum Gasteiger partial charge on any atom is 0.326 e. The van der Waals surface area contributed by atoms with Gasteiger partial charge in [0, 0.05) is 19.4 Å². The van der Waals surface area contributed by atoms with E-state index >= 15 is 0 Å². The molecule has 222 valence electrons. The van der Waals surface area contributed by atoms with E-state index in [1.807, 2.05) is 0 Å². The molecule has 0 saturated carbocycles. The number of carbonyl (C=O) groups excluding carboxylic acids is 3. The van der Waals surface area contributed by atoms with E-state index in [-0.39, 0.29) is 36.5 Å². The Balaban J connectivity index is 3.79. The normalized spacial score (nSPS) is 12.6. The lowest BCUT2D eigenvalue weighted by Gasteiger charge is -2.15. The first-order valence-corrected chi connectivity index (χ1v) is 15.3. The summed E-state index contributed by atoms with van der Waals surface area (Å²) in [6.45, 7) is 4.29. The zero-order valence-electron chi connectivity index (χ0n) is 24.6. The molecule has 8 heteroatoms. The van der Waals surface area contributed by atoms with Crippen LogP contribution in [0.4, 0.5) is 0 Å². The lowest BCUT2D eigenvalue weighted by molar-refractivity contribution is -0.142. The second-order valence-electron chi connectivity index (χ2n) is 10.6. The highest BCUT2D eigenvalue weighted by atomic mass is 16.4. The number of carbonyl (C=O) groups is 4. The Morgan fingerprint density at radius 1 is 0.632 bits per heavy atom. The Bertz CT molecular complexity index is 641. The van der Waals surface area contributed by atoms with Crippen molar-refractivity contribution in [2.45, 2.75) is 154 Å². The number of rotatable bonds is 27. The molecule has 0 rings (SSSR count). The number of carboxylic acids is 1. The first-order chi connectivity index (χ1) is 18.3. The van der Waals surface area contributed by atoms with Crippen LogP contribution in [0.1, 0.15) is 142 Å². The summed E-state index contributed by atoms with van der Waals surface area (Å²) in [5.74, 6) is -1.51. The molecule has 0 aromatic heterocycles. The number of likely N-dealkylation sites (N-methyl/N-ethyl adjacent to an activating group) is 1. The van der Waals surface area contributed by atoms with Crippen molar-refractivity contribution >= 4 is 23.6 Å². The second-order valence-corrected chi connectivity index (χ2v) is 10.6. The van der Waals surface area contributed by atoms with Crippen molar-refractivity contribution in [1.29, 1.82) is 0 Å². The molecule has 2 amide bonds. The van der Waals surface area contributed by atoms with Gasteiger partial charge in [0.25, 0.3) is 0 Å². The van der Waals surface area contributed by atoms with Gasteiger partial charge in [-0.1, -0.05) is 90.4 Å². The minimum atomic E-state index is -1.12. The highest BCUT2D eigenvalue weighted by molar-refractivity contribution is 5.84. The van der Waals surface area contributed by atoms with Gasteiger partial charge in [-0.25, -0.2) is 4.79 Å². The Labute approximate surface area is 231 Å². The molecule has 8 nitrogen and oxygen atoms in total. The zero-order chi connectivity index (χ0) is 28.4. The monoisotopic (exact) mass is 539 g/mol. The van der Waals surface area contributed by atoms with E-state index < -0.39 is 12.0 Å². The number of amides is 2. The molecule has 0 aromatic carbocycles. The summed E-state index contributed by atoms with van der Waals surface area (Å²) in [6.07, 6.45) is 20.1. The van der Waals surface area contributed by atoms with Gasteiger partial charge in [0.15, 0.2) is 0 Å². The van der Waals surface area contributed by atoms with Gasteiger partial charge in [0.1, 0.15) is 11.8 Å². The van der Waals surface area contributed by atoms with E-state index in [1.54, 1.807) is 14.0 Å². The molecular formula is C30H57N3O5. The third kappa shape index (κ3) is 22.1. The SMILES string of the molecule is CCCCCCCCCCCCCCCCC(=O)N[C@@H](CCC(=O)NCCCC[C@@H](NC)C(C)=O)C(=O)O. The fraction of sp³-hybridized carbons (Fsp3) is 0.867. The van der Waals surface area contributed by atoms with Crippen LogP contribution in [-0.2, 0) is 19.2 Å². The minimum Gasteiger partial charge on any atom is -0.480 e. The van der Waals surface area contributed by atoms with Crippen LogP contribution >= 0.6 is 0 Å². The van der Waals surface area contributed by atoms with E-state index in [0.717, 1.165) is 32.1 Å². The van der Waals surface area contributed by atoms with Crippen LogP contribution < -0.4 is 16.0 Å². The molecule has 0 heterocycles. The summed E-state index contributed by atoms with van der Waals surface area (Å²) >= 11 is 0. The van der Waals surface area contributed by atoms with Gasteiger partial charge < -0.3 is 21.1 Å². The number of nitrogens with one attached hydrogen (secondary N) is 3. The third-order valence-corrected chi connectivity index (χ3v) is 7.13. The zero-order valence-corrected chi connectivity index (χ0v) is 24.6. The molecule has 0 spiro atoms. The van der Waals surface area contributed by atoms with Crippen molar-refractivity contribution in [3.63, 3.8) is 0 Å². The highest BCUT2D eigenvalue weighted by Gasteiger charge is 2.20. The van der Waals surface area contributed by atoms with Crippen molar-refractivity contribution < 1.29 is 24.3 Å². The van der Waals surface area contributed by atoms with Crippen molar-refractivity contribution in [3.05, 3.63) is 0 Å². The van der Waals surface area contributed by atoms with E-state index in [1.165, 1.54) is 70.6 Å². The van der Waals surface area contributed by atoms with E-state index in [4.69, 9.17) is 0 Å². The van der Waals surface area contributed by atoms with Crippen LogP contribution in [0.3, 0.4) is 0 Å². The number of Topliss-reactive ketones (excluding diaryl/α,β-unsaturated/α-hetero) is 1. The second kappa shape index (κ2) is 25.3. The smallest absolute Gasteiger partial charge is 0.326 e. The summed E-state index contributed by atoms with van der Waals surface area (Å²) in [4.78, 5) is 47.2. The number of ketones is 1. The summed E-state index contributed by atoms with van der Waals surface area (Å²) < 4.78 is 0. The maximum absolute atomic E-state index is 12.2. The number of hydrogen-bond acceptors (Lipinski definition) is 5. The number of unbranched alkanes of at least 4 members (excludes halogenated alkanes) is 14. The molecule has 0 unspecified atom stereocenters.